The Balaban J connectivity index is 0.00000200. The Kier molecular flexibility index (Phi) is 7.17. The van der Waals surface area contributed by atoms with Gasteiger partial charge in [0.15, 0.2) is 0 Å². The zero-order valence-corrected chi connectivity index (χ0v) is 13.0. The van der Waals surface area contributed by atoms with Gasteiger partial charge in [0, 0.05) is 37.8 Å². The molecule has 2 rings (SSSR count). The molecule has 1 saturated heterocycles. The summed E-state index contributed by atoms with van der Waals surface area (Å²) in [6, 6.07) is 2.30. The van der Waals surface area contributed by atoms with Gasteiger partial charge in [-0.15, -0.1) is 12.4 Å². The van der Waals surface area contributed by atoms with Crippen LogP contribution in [0.4, 0.5) is 8.78 Å². The van der Waals surface area contributed by atoms with Crippen molar-refractivity contribution in [2.45, 2.75) is 25.8 Å². The molecule has 1 N–H and O–H groups in total. The van der Waals surface area contributed by atoms with Gasteiger partial charge in [0.1, 0.15) is 11.6 Å². The van der Waals surface area contributed by atoms with Gasteiger partial charge in [0.25, 0.3) is 0 Å². The van der Waals surface area contributed by atoms with E-state index in [9.17, 15) is 8.78 Å². The molecular weight excluding hydrogens is 305 g/mol. The van der Waals surface area contributed by atoms with Gasteiger partial charge < -0.3 is 5.32 Å². The van der Waals surface area contributed by atoms with Crippen molar-refractivity contribution in [3.63, 3.8) is 0 Å². The van der Waals surface area contributed by atoms with Crippen LogP contribution < -0.4 is 5.32 Å². The fourth-order valence-electron chi connectivity index (χ4n) is 2.62. The van der Waals surface area contributed by atoms with E-state index < -0.39 is 11.6 Å². The zero-order chi connectivity index (χ0) is 13.8. The van der Waals surface area contributed by atoms with Crippen LogP contribution in [0, 0.1) is 11.6 Å². The molecule has 0 amide bonds. The van der Waals surface area contributed by atoms with Crippen LogP contribution in [-0.4, -0.2) is 31.1 Å². The van der Waals surface area contributed by atoms with E-state index in [1.807, 2.05) is 6.92 Å². The van der Waals surface area contributed by atoms with Crippen molar-refractivity contribution < 1.29 is 8.78 Å². The average Bonchev–Trinajstić information content (AvgIpc) is 2.43. The van der Waals surface area contributed by atoms with E-state index in [1.54, 1.807) is 0 Å². The lowest BCUT2D eigenvalue weighted by molar-refractivity contribution is 0.158. The van der Waals surface area contributed by atoms with Crippen LogP contribution in [0.1, 0.15) is 31.4 Å². The molecule has 2 nitrogen and oxygen atoms in total. The fourth-order valence-corrected chi connectivity index (χ4v) is 2.79. The largest absolute Gasteiger partial charge is 0.314 e. The summed E-state index contributed by atoms with van der Waals surface area (Å²) in [6.07, 6.45) is 1.61. The summed E-state index contributed by atoms with van der Waals surface area (Å²) in [5.41, 5.74) is 0.122. The minimum absolute atomic E-state index is 0. The first-order valence-electron chi connectivity index (χ1n) is 6.73. The van der Waals surface area contributed by atoms with Crippen LogP contribution in [-0.2, 0) is 0 Å². The molecule has 0 radical (unpaired) electrons. The number of benzene rings is 1. The molecular formula is C14H20Cl2F2N2. The summed E-state index contributed by atoms with van der Waals surface area (Å²) < 4.78 is 28.2. The van der Waals surface area contributed by atoms with Crippen molar-refractivity contribution in [2.75, 3.05) is 26.2 Å². The number of hydrogen-bond acceptors (Lipinski definition) is 2. The van der Waals surface area contributed by atoms with Gasteiger partial charge >= 0.3 is 0 Å². The number of nitrogens with zero attached hydrogens (tertiary/aromatic N) is 1. The minimum atomic E-state index is -0.612. The molecule has 1 aromatic rings. The van der Waals surface area contributed by atoms with Gasteiger partial charge in [0.2, 0.25) is 0 Å². The van der Waals surface area contributed by atoms with Crippen molar-refractivity contribution in [1.82, 2.24) is 10.2 Å². The van der Waals surface area contributed by atoms with E-state index in [0.29, 0.717) is 0 Å². The third-order valence-electron chi connectivity index (χ3n) is 3.57. The van der Waals surface area contributed by atoms with Crippen LogP contribution in [0.2, 0.25) is 5.02 Å². The normalized spacial score (nSPS) is 17.6. The summed E-state index contributed by atoms with van der Waals surface area (Å²) in [5.74, 6) is -1.11. The summed E-state index contributed by atoms with van der Waals surface area (Å²) in [7, 11) is 0. The second-order valence-electron chi connectivity index (χ2n) is 4.85. The van der Waals surface area contributed by atoms with Crippen molar-refractivity contribution in [3.8, 4) is 0 Å². The third kappa shape index (κ3) is 3.82. The topological polar surface area (TPSA) is 15.3 Å². The van der Waals surface area contributed by atoms with Crippen LogP contribution in [0.5, 0.6) is 0 Å². The summed E-state index contributed by atoms with van der Waals surface area (Å²) in [4.78, 5) is 2.14. The first kappa shape index (κ1) is 17.6. The summed E-state index contributed by atoms with van der Waals surface area (Å²) in [6.45, 7) is 5.33. The molecule has 1 aliphatic rings. The maximum absolute atomic E-state index is 14.2. The predicted molar refractivity (Wildman–Crippen MR) is 80.7 cm³/mol. The number of rotatable bonds is 4. The second-order valence-corrected chi connectivity index (χ2v) is 5.25. The SMILES string of the molecule is CCC[C@H](c1c(F)ccc(Cl)c1F)N1CCNCC1.Cl. The molecule has 0 aromatic heterocycles. The van der Waals surface area contributed by atoms with Crippen LogP contribution >= 0.6 is 24.0 Å². The highest BCUT2D eigenvalue weighted by Gasteiger charge is 2.27. The van der Waals surface area contributed by atoms with Gasteiger partial charge in [-0.25, -0.2) is 8.78 Å². The molecule has 1 aliphatic heterocycles. The van der Waals surface area contributed by atoms with E-state index in [1.165, 1.54) is 12.1 Å². The molecule has 1 atom stereocenters. The van der Waals surface area contributed by atoms with E-state index in [0.717, 1.165) is 39.0 Å². The van der Waals surface area contributed by atoms with Crippen LogP contribution in [0.3, 0.4) is 0 Å². The maximum Gasteiger partial charge on any atom is 0.149 e. The van der Waals surface area contributed by atoms with E-state index in [-0.39, 0.29) is 29.0 Å². The fraction of sp³-hybridized carbons (Fsp3) is 0.571. The maximum atomic E-state index is 14.2. The third-order valence-corrected chi connectivity index (χ3v) is 3.86. The Morgan fingerprint density at radius 3 is 2.55 bits per heavy atom. The molecule has 6 heteroatoms. The summed E-state index contributed by atoms with van der Waals surface area (Å²) in [5, 5.41) is 3.24. The molecule has 0 aliphatic carbocycles. The van der Waals surface area contributed by atoms with Gasteiger partial charge in [-0.1, -0.05) is 24.9 Å². The smallest absolute Gasteiger partial charge is 0.149 e. The van der Waals surface area contributed by atoms with E-state index in [2.05, 4.69) is 10.2 Å². The molecule has 1 aromatic carbocycles. The highest BCUT2D eigenvalue weighted by Crippen LogP contribution is 2.33. The Morgan fingerprint density at radius 2 is 1.95 bits per heavy atom. The van der Waals surface area contributed by atoms with E-state index >= 15 is 0 Å². The monoisotopic (exact) mass is 324 g/mol. The average molecular weight is 325 g/mol. The molecule has 20 heavy (non-hydrogen) atoms. The van der Waals surface area contributed by atoms with Gasteiger partial charge in [-0.3, -0.25) is 4.90 Å². The van der Waals surface area contributed by atoms with Crippen molar-refractivity contribution in [3.05, 3.63) is 34.4 Å². The molecule has 0 bridgehead atoms. The molecule has 0 saturated carbocycles. The van der Waals surface area contributed by atoms with Gasteiger partial charge in [-0.2, -0.15) is 0 Å². The van der Waals surface area contributed by atoms with Crippen LogP contribution in [0.15, 0.2) is 12.1 Å². The molecule has 0 spiro atoms. The second kappa shape index (κ2) is 8.13. The first-order valence-corrected chi connectivity index (χ1v) is 7.11. The highest BCUT2D eigenvalue weighted by atomic mass is 35.5. The molecule has 1 fully saturated rings. The Labute approximate surface area is 129 Å². The van der Waals surface area contributed by atoms with Crippen molar-refractivity contribution >= 4 is 24.0 Å². The van der Waals surface area contributed by atoms with Gasteiger partial charge in [0.05, 0.1) is 5.02 Å². The summed E-state index contributed by atoms with van der Waals surface area (Å²) >= 11 is 5.80. The number of nitrogens with one attached hydrogen (secondary N) is 1. The Bertz CT molecular complexity index is 437. The predicted octanol–water partition coefficient (Wildman–Crippen LogP) is 3.79. The lowest BCUT2D eigenvalue weighted by atomic mass is 9.98. The van der Waals surface area contributed by atoms with Crippen molar-refractivity contribution in [2.24, 2.45) is 0 Å². The lowest BCUT2D eigenvalue weighted by Crippen LogP contribution is -2.45. The molecule has 0 unspecified atom stereocenters. The Morgan fingerprint density at radius 1 is 1.30 bits per heavy atom. The quantitative estimate of drug-likeness (QED) is 0.848. The standard InChI is InChI=1S/C14H19ClF2N2.ClH/c1-2-3-12(19-8-6-18-7-9-19)13-11(16)5-4-10(15)14(13)17;/h4-5,12,18H,2-3,6-9H2,1H3;1H/t12-;/m1./s1. The van der Waals surface area contributed by atoms with E-state index in [4.69, 9.17) is 11.6 Å². The zero-order valence-electron chi connectivity index (χ0n) is 11.5. The highest BCUT2D eigenvalue weighted by molar-refractivity contribution is 6.30. The van der Waals surface area contributed by atoms with Gasteiger partial charge in [-0.05, 0) is 18.6 Å². The number of hydrogen-bond donors (Lipinski definition) is 1. The first-order chi connectivity index (χ1) is 9.15. The number of piperazine rings is 1. The Hall–Kier alpha value is -0.420. The molecule has 114 valence electrons. The lowest BCUT2D eigenvalue weighted by Gasteiger charge is -2.35. The molecule has 1 heterocycles. The van der Waals surface area contributed by atoms with Crippen molar-refractivity contribution in [1.29, 1.82) is 0 Å². The number of halogens is 4. The van der Waals surface area contributed by atoms with Crippen LogP contribution in [0.25, 0.3) is 0 Å². The minimum Gasteiger partial charge on any atom is -0.314 e.